The van der Waals surface area contributed by atoms with Crippen LogP contribution in [0.3, 0.4) is 0 Å². The standard InChI is InChI=1S/C15H12BrN3O/c1-9-5-10(2)14(12(16)6-9)19-15(20)13-4-3-11(7-17)8-18-13/h3-6,8H,1-2H3,(H,19,20). The molecule has 100 valence electrons. The van der Waals surface area contributed by atoms with Gasteiger partial charge in [0.2, 0.25) is 0 Å². The SMILES string of the molecule is Cc1cc(C)c(NC(=O)c2ccc(C#N)cn2)c(Br)c1. The third-order valence-corrected chi connectivity index (χ3v) is 3.42. The zero-order valence-corrected chi connectivity index (χ0v) is 12.7. The Morgan fingerprint density at radius 1 is 1.35 bits per heavy atom. The summed E-state index contributed by atoms with van der Waals surface area (Å²) in [5.41, 5.74) is 3.51. The molecule has 0 saturated heterocycles. The average Bonchev–Trinajstić information content (AvgIpc) is 2.42. The Labute approximate surface area is 125 Å². The monoisotopic (exact) mass is 329 g/mol. The van der Waals surface area contributed by atoms with Crippen LogP contribution in [0.2, 0.25) is 0 Å². The summed E-state index contributed by atoms with van der Waals surface area (Å²) in [4.78, 5) is 16.1. The first-order chi connectivity index (χ1) is 9.51. The maximum atomic E-state index is 12.1. The summed E-state index contributed by atoms with van der Waals surface area (Å²) in [6.45, 7) is 3.92. The normalized spacial score (nSPS) is 9.90. The lowest BCUT2D eigenvalue weighted by molar-refractivity contribution is 0.102. The molecule has 1 amide bonds. The Hall–Kier alpha value is -2.19. The second-order valence-electron chi connectivity index (χ2n) is 4.44. The van der Waals surface area contributed by atoms with Crippen molar-refractivity contribution in [3.8, 4) is 6.07 Å². The summed E-state index contributed by atoms with van der Waals surface area (Å²) in [7, 11) is 0. The quantitative estimate of drug-likeness (QED) is 0.915. The molecule has 0 spiro atoms. The van der Waals surface area contributed by atoms with Crippen molar-refractivity contribution in [1.82, 2.24) is 4.98 Å². The Kier molecular flexibility index (Phi) is 4.16. The summed E-state index contributed by atoms with van der Waals surface area (Å²) in [6, 6.07) is 9.00. The van der Waals surface area contributed by atoms with Crippen LogP contribution < -0.4 is 5.32 Å². The van der Waals surface area contributed by atoms with Gasteiger partial charge in [0.25, 0.3) is 5.91 Å². The first-order valence-corrected chi connectivity index (χ1v) is 6.75. The van der Waals surface area contributed by atoms with Crippen LogP contribution >= 0.6 is 15.9 Å². The second-order valence-corrected chi connectivity index (χ2v) is 5.29. The summed E-state index contributed by atoms with van der Waals surface area (Å²) in [5.74, 6) is -0.304. The molecule has 4 nitrogen and oxygen atoms in total. The fourth-order valence-electron chi connectivity index (χ4n) is 1.85. The van der Waals surface area contributed by atoms with E-state index in [0.29, 0.717) is 5.56 Å². The molecule has 0 radical (unpaired) electrons. The highest BCUT2D eigenvalue weighted by atomic mass is 79.9. The maximum Gasteiger partial charge on any atom is 0.274 e. The van der Waals surface area contributed by atoms with E-state index < -0.39 is 0 Å². The van der Waals surface area contributed by atoms with Crippen LogP contribution in [0.4, 0.5) is 5.69 Å². The lowest BCUT2D eigenvalue weighted by Gasteiger charge is -2.11. The summed E-state index contributed by atoms with van der Waals surface area (Å²) < 4.78 is 0.831. The Morgan fingerprint density at radius 3 is 2.65 bits per heavy atom. The molecule has 2 rings (SSSR count). The van der Waals surface area contributed by atoms with E-state index in [4.69, 9.17) is 5.26 Å². The fourth-order valence-corrected chi connectivity index (χ4v) is 2.62. The number of amides is 1. The van der Waals surface area contributed by atoms with Crippen molar-refractivity contribution >= 4 is 27.5 Å². The van der Waals surface area contributed by atoms with Crippen LogP contribution in [-0.2, 0) is 0 Å². The molecule has 1 aromatic carbocycles. The molecule has 1 aromatic heterocycles. The molecule has 0 aliphatic heterocycles. The van der Waals surface area contributed by atoms with Crippen LogP contribution in [-0.4, -0.2) is 10.9 Å². The molecule has 2 aromatic rings. The van der Waals surface area contributed by atoms with Gasteiger partial charge in [-0.1, -0.05) is 6.07 Å². The zero-order chi connectivity index (χ0) is 14.7. The predicted octanol–water partition coefficient (Wildman–Crippen LogP) is 3.58. The van der Waals surface area contributed by atoms with Gasteiger partial charge in [0.05, 0.1) is 11.3 Å². The number of rotatable bonds is 2. The topological polar surface area (TPSA) is 65.8 Å². The van der Waals surface area contributed by atoms with Crippen LogP contribution in [0.25, 0.3) is 0 Å². The number of anilines is 1. The number of aryl methyl sites for hydroxylation is 2. The van der Waals surface area contributed by atoms with Crippen molar-refractivity contribution < 1.29 is 4.79 Å². The first kappa shape index (κ1) is 14.2. The number of nitriles is 1. The molecule has 1 heterocycles. The van der Waals surface area contributed by atoms with Crippen LogP contribution in [0, 0.1) is 25.2 Å². The lowest BCUT2D eigenvalue weighted by Crippen LogP contribution is -2.15. The third-order valence-electron chi connectivity index (χ3n) is 2.80. The molecule has 0 aliphatic carbocycles. The summed E-state index contributed by atoms with van der Waals surface area (Å²) in [5, 5.41) is 11.5. The Morgan fingerprint density at radius 2 is 2.10 bits per heavy atom. The van der Waals surface area contributed by atoms with Gasteiger partial charge in [-0.15, -0.1) is 0 Å². The second kappa shape index (κ2) is 5.85. The molecular weight excluding hydrogens is 318 g/mol. The Balaban J connectivity index is 2.26. The van der Waals surface area contributed by atoms with E-state index in [0.717, 1.165) is 21.3 Å². The highest BCUT2D eigenvalue weighted by Gasteiger charge is 2.12. The van der Waals surface area contributed by atoms with Gasteiger partial charge in [-0.05, 0) is 59.1 Å². The predicted molar refractivity (Wildman–Crippen MR) is 80.5 cm³/mol. The molecule has 0 atom stereocenters. The molecule has 0 unspecified atom stereocenters. The number of halogens is 1. The molecule has 5 heteroatoms. The number of carbonyl (C=O) groups is 1. The average molecular weight is 330 g/mol. The molecular formula is C15H12BrN3O. The van der Waals surface area contributed by atoms with Crippen LogP contribution in [0.1, 0.15) is 27.2 Å². The van der Waals surface area contributed by atoms with E-state index in [1.165, 1.54) is 12.3 Å². The number of nitrogens with one attached hydrogen (secondary N) is 1. The number of hydrogen-bond donors (Lipinski definition) is 1. The minimum atomic E-state index is -0.304. The van der Waals surface area contributed by atoms with E-state index in [1.807, 2.05) is 32.0 Å². The molecule has 1 N–H and O–H groups in total. The summed E-state index contributed by atoms with van der Waals surface area (Å²) in [6.07, 6.45) is 1.38. The summed E-state index contributed by atoms with van der Waals surface area (Å²) >= 11 is 3.44. The van der Waals surface area contributed by atoms with Crippen molar-refractivity contribution in [1.29, 1.82) is 5.26 Å². The smallest absolute Gasteiger partial charge is 0.274 e. The number of hydrogen-bond acceptors (Lipinski definition) is 3. The fraction of sp³-hybridized carbons (Fsp3) is 0.133. The largest absolute Gasteiger partial charge is 0.319 e. The van der Waals surface area contributed by atoms with Crippen LogP contribution in [0.15, 0.2) is 34.9 Å². The molecule has 0 aliphatic rings. The number of pyridine rings is 1. The number of benzene rings is 1. The van der Waals surface area contributed by atoms with E-state index in [9.17, 15) is 4.79 Å². The zero-order valence-electron chi connectivity index (χ0n) is 11.1. The van der Waals surface area contributed by atoms with Gasteiger partial charge in [0, 0.05) is 10.7 Å². The van der Waals surface area contributed by atoms with Crippen molar-refractivity contribution in [2.75, 3.05) is 5.32 Å². The molecule has 0 saturated carbocycles. The minimum Gasteiger partial charge on any atom is -0.319 e. The number of carbonyl (C=O) groups excluding carboxylic acids is 1. The van der Waals surface area contributed by atoms with Gasteiger partial charge in [-0.3, -0.25) is 4.79 Å². The number of aromatic nitrogens is 1. The maximum absolute atomic E-state index is 12.1. The van der Waals surface area contributed by atoms with Gasteiger partial charge in [-0.2, -0.15) is 5.26 Å². The lowest BCUT2D eigenvalue weighted by atomic mass is 10.1. The van der Waals surface area contributed by atoms with Gasteiger partial charge in [0.15, 0.2) is 0 Å². The Bertz CT molecular complexity index is 679. The highest BCUT2D eigenvalue weighted by Crippen LogP contribution is 2.28. The minimum absolute atomic E-state index is 0.274. The van der Waals surface area contributed by atoms with E-state index in [2.05, 4.69) is 26.2 Å². The van der Waals surface area contributed by atoms with Crippen molar-refractivity contribution in [2.24, 2.45) is 0 Å². The van der Waals surface area contributed by atoms with Gasteiger partial charge < -0.3 is 5.32 Å². The number of nitrogens with zero attached hydrogens (tertiary/aromatic N) is 2. The third kappa shape index (κ3) is 3.03. The van der Waals surface area contributed by atoms with Crippen molar-refractivity contribution in [3.05, 3.63) is 57.3 Å². The van der Waals surface area contributed by atoms with E-state index in [1.54, 1.807) is 6.07 Å². The molecule has 20 heavy (non-hydrogen) atoms. The van der Waals surface area contributed by atoms with E-state index >= 15 is 0 Å². The highest BCUT2D eigenvalue weighted by molar-refractivity contribution is 9.10. The van der Waals surface area contributed by atoms with Gasteiger partial charge in [0.1, 0.15) is 11.8 Å². The van der Waals surface area contributed by atoms with Crippen molar-refractivity contribution in [3.63, 3.8) is 0 Å². The van der Waals surface area contributed by atoms with Crippen molar-refractivity contribution in [2.45, 2.75) is 13.8 Å². The molecule has 0 fully saturated rings. The van der Waals surface area contributed by atoms with Crippen LogP contribution in [0.5, 0.6) is 0 Å². The molecule has 0 bridgehead atoms. The van der Waals surface area contributed by atoms with Gasteiger partial charge >= 0.3 is 0 Å². The first-order valence-electron chi connectivity index (χ1n) is 5.95. The van der Waals surface area contributed by atoms with E-state index in [-0.39, 0.29) is 11.6 Å². The van der Waals surface area contributed by atoms with Gasteiger partial charge in [-0.25, -0.2) is 4.98 Å².